The lowest BCUT2D eigenvalue weighted by molar-refractivity contribution is 0.202. The molecule has 0 spiro atoms. The van der Waals surface area contributed by atoms with E-state index in [2.05, 4.69) is 17.0 Å². The Kier molecular flexibility index (Phi) is 4.37. The summed E-state index contributed by atoms with van der Waals surface area (Å²) in [7, 11) is 0. The van der Waals surface area contributed by atoms with E-state index in [1.807, 2.05) is 12.1 Å². The second-order valence-electron chi connectivity index (χ2n) is 4.58. The van der Waals surface area contributed by atoms with E-state index in [9.17, 15) is 0 Å². The van der Waals surface area contributed by atoms with Crippen LogP contribution in [0.2, 0.25) is 5.02 Å². The molecule has 0 aliphatic carbocycles. The first-order valence-corrected chi connectivity index (χ1v) is 6.70. The number of hydrogen-bond donors (Lipinski definition) is 1. The summed E-state index contributed by atoms with van der Waals surface area (Å²) >= 11 is 10.9. The lowest BCUT2D eigenvalue weighted by Gasteiger charge is -2.31. The van der Waals surface area contributed by atoms with Crippen LogP contribution in [0, 0.1) is 5.92 Å². The Morgan fingerprint density at radius 2 is 1.88 bits per heavy atom. The molecule has 1 aliphatic heterocycles. The lowest BCUT2D eigenvalue weighted by atomic mass is 9.96. The molecule has 4 heteroatoms. The zero-order chi connectivity index (χ0) is 12.3. The fourth-order valence-electron chi connectivity index (χ4n) is 2.22. The SMILES string of the molecule is NC(=S)C1CCN(Cc2ccc(Cl)cc2)CC1. The van der Waals surface area contributed by atoms with Gasteiger partial charge in [-0.15, -0.1) is 0 Å². The number of benzene rings is 1. The molecular formula is C13H17ClN2S. The molecule has 0 aromatic heterocycles. The molecule has 1 aliphatic rings. The Morgan fingerprint density at radius 1 is 1.29 bits per heavy atom. The molecule has 1 fully saturated rings. The number of thiocarbonyl (C=S) groups is 1. The van der Waals surface area contributed by atoms with Gasteiger partial charge in [0.25, 0.3) is 0 Å². The zero-order valence-corrected chi connectivity index (χ0v) is 11.3. The molecule has 1 saturated heterocycles. The van der Waals surface area contributed by atoms with E-state index < -0.39 is 0 Å². The fourth-order valence-corrected chi connectivity index (χ4v) is 2.59. The molecule has 2 N–H and O–H groups in total. The van der Waals surface area contributed by atoms with E-state index in [1.165, 1.54) is 5.56 Å². The van der Waals surface area contributed by atoms with Crippen molar-refractivity contribution in [3.05, 3.63) is 34.9 Å². The van der Waals surface area contributed by atoms with Crippen LogP contribution in [0.3, 0.4) is 0 Å². The van der Waals surface area contributed by atoms with Crippen molar-refractivity contribution in [1.82, 2.24) is 4.90 Å². The smallest absolute Gasteiger partial charge is 0.0759 e. The molecule has 0 unspecified atom stereocenters. The Hall–Kier alpha value is -0.640. The van der Waals surface area contributed by atoms with Gasteiger partial charge in [-0.1, -0.05) is 36.0 Å². The maximum Gasteiger partial charge on any atom is 0.0759 e. The molecule has 92 valence electrons. The molecule has 1 aromatic rings. The highest BCUT2D eigenvalue weighted by Gasteiger charge is 2.20. The van der Waals surface area contributed by atoms with E-state index in [-0.39, 0.29) is 0 Å². The summed E-state index contributed by atoms with van der Waals surface area (Å²) in [4.78, 5) is 3.12. The van der Waals surface area contributed by atoms with Gasteiger partial charge in [-0.25, -0.2) is 0 Å². The van der Waals surface area contributed by atoms with E-state index in [4.69, 9.17) is 29.6 Å². The Balaban J connectivity index is 1.85. The first-order chi connectivity index (χ1) is 8.15. The number of nitrogens with two attached hydrogens (primary N) is 1. The third kappa shape index (κ3) is 3.66. The summed E-state index contributed by atoms with van der Waals surface area (Å²) in [5.41, 5.74) is 6.99. The van der Waals surface area contributed by atoms with Crippen molar-refractivity contribution in [2.24, 2.45) is 11.7 Å². The van der Waals surface area contributed by atoms with Crippen LogP contribution in [-0.2, 0) is 6.54 Å². The molecule has 1 heterocycles. The minimum atomic E-state index is 0.437. The van der Waals surface area contributed by atoms with Gasteiger partial charge in [0.15, 0.2) is 0 Å². The van der Waals surface area contributed by atoms with E-state index in [0.717, 1.165) is 37.5 Å². The number of likely N-dealkylation sites (tertiary alicyclic amines) is 1. The van der Waals surface area contributed by atoms with Crippen LogP contribution in [0.1, 0.15) is 18.4 Å². The van der Waals surface area contributed by atoms with Crippen LogP contribution in [0.25, 0.3) is 0 Å². The van der Waals surface area contributed by atoms with Crippen molar-refractivity contribution in [2.45, 2.75) is 19.4 Å². The van der Waals surface area contributed by atoms with Crippen molar-refractivity contribution in [3.8, 4) is 0 Å². The van der Waals surface area contributed by atoms with Gasteiger partial charge < -0.3 is 5.73 Å². The molecule has 1 aromatic carbocycles. The van der Waals surface area contributed by atoms with Crippen LogP contribution in [0.15, 0.2) is 24.3 Å². The van der Waals surface area contributed by atoms with Gasteiger partial charge >= 0.3 is 0 Å². The van der Waals surface area contributed by atoms with Crippen molar-refractivity contribution in [2.75, 3.05) is 13.1 Å². The second-order valence-corrected chi connectivity index (χ2v) is 5.49. The molecule has 0 radical (unpaired) electrons. The standard InChI is InChI=1S/C13H17ClN2S/c14-12-3-1-10(2-4-12)9-16-7-5-11(6-8-16)13(15)17/h1-4,11H,5-9H2,(H2,15,17). The van der Waals surface area contributed by atoms with E-state index in [0.29, 0.717) is 10.9 Å². The molecule has 2 nitrogen and oxygen atoms in total. The van der Waals surface area contributed by atoms with Crippen LogP contribution in [0.5, 0.6) is 0 Å². The van der Waals surface area contributed by atoms with Gasteiger partial charge in [0.1, 0.15) is 0 Å². The van der Waals surface area contributed by atoms with Gasteiger partial charge in [-0.2, -0.15) is 0 Å². The largest absolute Gasteiger partial charge is 0.393 e. The van der Waals surface area contributed by atoms with Gasteiger partial charge in [0.05, 0.1) is 4.99 Å². The van der Waals surface area contributed by atoms with Gasteiger partial charge in [0.2, 0.25) is 0 Å². The summed E-state index contributed by atoms with van der Waals surface area (Å²) in [5, 5.41) is 0.793. The van der Waals surface area contributed by atoms with Gasteiger partial charge in [0, 0.05) is 17.5 Å². The summed E-state index contributed by atoms with van der Waals surface area (Å²) < 4.78 is 0. The maximum absolute atomic E-state index is 5.87. The van der Waals surface area contributed by atoms with Crippen molar-refractivity contribution >= 4 is 28.8 Å². The molecule has 17 heavy (non-hydrogen) atoms. The molecule has 0 saturated carbocycles. The minimum Gasteiger partial charge on any atom is -0.393 e. The zero-order valence-electron chi connectivity index (χ0n) is 9.73. The van der Waals surface area contributed by atoms with Crippen molar-refractivity contribution < 1.29 is 0 Å². The number of hydrogen-bond acceptors (Lipinski definition) is 2. The Bertz CT molecular complexity index is 383. The second kappa shape index (κ2) is 5.80. The topological polar surface area (TPSA) is 29.3 Å². The monoisotopic (exact) mass is 268 g/mol. The number of piperidine rings is 1. The third-order valence-corrected chi connectivity index (χ3v) is 3.89. The van der Waals surface area contributed by atoms with Gasteiger partial charge in [-0.05, 0) is 43.6 Å². The summed E-state index contributed by atoms with van der Waals surface area (Å²) in [6, 6.07) is 8.06. The molecule has 2 rings (SSSR count). The normalized spacial score (nSPS) is 18.2. The highest BCUT2D eigenvalue weighted by Crippen LogP contribution is 2.19. The van der Waals surface area contributed by atoms with Crippen molar-refractivity contribution in [1.29, 1.82) is 0 Å². The fraction of sp³-hybridized carbons (Fsp3) is 0.462. The first kappa shape index (κ1) is 12.8. The minimum absolute atomic E-state index is 0.437. The molecular weight excluding hydrogens is 252 g/mol. The molecule has 0 atom stereocenters. The van der Waals surface area contributed by atoms with Crippen LogP contribution < -0.4 is 5.73 Å². The average molecular weight is 269 g/mol. The predicted molar refractivity (Wildman–Crippen MR) is 76.2 cm³/mol. The van der Waals surface area contributed by atoms with Crippen LogP contribution >= 0.6 is 23.8 Å². The third-order valence-electron chi connectivity index (χ3n) is 3.31. The quantitative estimate of drug-likeness (QED) is 0.855. The lowest BCUT2D eigenvalue weighted by Crippen LogP contribution is -2.37. The highest BCUT2D eigenvalue weighted by atomic mass is 35.5. The number of halogens is 1. The predicted octanol–water partition coefficient (Wildman–Crippen LogP) is 2.84. The summed E-state index contributed by atoms with van der Waals surface area (Å²) in [6.45, 7) is 3.14. The van der Waals surface area contributed by atoms with Crippen LogP contribution in [0.4, 0.5) is 0 Å². The maximum atomic E-state index is 5.87. The highest BCUT2D eigenvalue weighted by molar-refractivity contribution is 7.80. The van der Waals surface area contributed by atoms with Crippen molar-refractivity contribution in [3.63, 3.8) is 0 Å². The average Bonchev–Trinajstić information content (AvgIpc) is 2.33. The van der Waals surface area contributed by atoms with Gasteiger partial charge in [-0.3, -0.25) is 4.90 Å². The number of rotatable bonds is 3. The van der Waals surface area contributed by atoms with Crippen LogP contribution in [-0.4, -0.2) is 23.0 Å². The summed E-state index contributed by atoms with van der Waals surface area (Å²) in [5.74, 6) is 0.437. The summed E-state index contributed by atoms with van der Waals surface area (Å²) in [6.07, 6.45) is 2.17. The Morgan fingerprint density at radius 3 is 2.41 bits per heavy atom. The Labute approximate surface area is 113 Å². The molecule has 0 bridgehead atoms. The first-order valence-electron chi connectivity index (χ1n) is 5.91. The number of nitrogens with zero attached hydrogens (tertiary/aromatic N) is 1. The van der Waals surface area contributed by atoms with E-state index >= 15 is 0 Å². The molecule has 0 amide bonds. The van der Waals surface area contributed by atoms with E-state index in [1.54, 1.807) is 0 Å².